The molecule has 2 aromatic rings. The Morgan fingerprint density at radius 3 is 2.59 bits per heavy atom. The van der Waals surface area contributed by atoms with Gasteiger partial charge >= 0.3 is 0 Å². The molecule has 1 aromatic carbocycles. The minimum Gasteiger partial charge on any atom is -0.298 e. The summed E-state index contributed by atoms with van der Waals surface area (Å²) < 4.78 is 14.5. The van der Waals surface area contributed by atoms with Crippen LogP contribution in [0, 0.1) is 12.7 Å². The second kappa shape index (κ2) is 4.49. The van der Waals surface area contributed by atoms with Crippen LogP contribution >= 0.6 is 0 Å². The molecule has 0 spiro atoms. The van der Waals surface area contributed by atoms with Gasteiger partial charge in [-0.05, 0) is 44.2 Å². The van der Waals surface area contributed by atoms with Gasteiger partial charge in [-0.15, -0.1) is 0 Å². The van der Waals surface area contributed by atoms with Gasteiger partial charge in [0.15, 0.2) is 5.78 Å². The number of nitrogens with zero attached hydrogens (tertiary/aromatic N) is 2. The van der Waals surface area contributed by atoms with E-state index in [1.807, 2.05) is 13.0 Å². The van der Waals surface area contributed by atoms with Crippen LogP contribution in [0.4, 0.5) is 4.39 Å². The van der Waals surface area contributed by atoms with Crippen molar-refractivity contribution in [1.82, 2.24) is 9.78 Å². The van der Waals surface area contributed by atoms with E-state index in [2.05, 4.69) is 5.10 Å². The fourth-order valence-electron chi connectivity index (χ4n) is 1.73. The minimum atomic E-state index is -0.275. The molecule has 0 radical (unpaired) electrons. The summed E-state index contributed by atoms with van der Waals surface area (Å²) in [5.74, 6) is -0.237. The highest BCUT2D eigenvalue weighted by molar-refractivity contribution is 5.76. The fraction of sp³-hybridized carbons (Fsp3) is 0.231. The van der Waals surface area contributed by atoms with Crippen molar-refractivity contribution in [3.05, 3.63) is 41.8 Å². The predicted octanol–water partition coefficient (Wildman–Crippen LogP) is 2.59. The molecule has 0 unspecified atom stereocenters. The van der Waals surface area contributed by atoms with Gasteiger partial charge in [-0.1, -0.05) is 0 Å². The third kappa shape index (κ3) is 2.58. The highest BCUT2D eigenvalue weighted by atomic mass is 19.1. The lowest BCUT2D eigenvalue weighted by Crippen LogP contribution is -2.09. The number of aromatic nitrogens is 2. The Kier molecular flexibility index (Phi) is 3.04. The van der Waals surface area contributed by atoms with E-state index < -0.39 is 0 Å². The third-order valence-corrected chi connectivity index (χ3v) is 2.41. The quantitative estimate of drug-likeness (QED) is 0.815. The van der Waals surface area contributed by atoms with Gasteiger partial charge < -0.3 is 0 Å². The number of carbonyl (C=O) groups excluding carboxylic acids is 1. The van der Waals surface area contributed by atoms with Crippen LogP contribution in [0.2, 0.25) is 0 Å². The van der Waals surface area contributed by atoms with E-state index >= 15 is 0 Å². The van der Waals surface area contributed by atoms with Crippen LogP contribution in [-0.2, 0) is 11.3 Å². The van der Waals surface area contributed by atoms with Gasteiger partial charge in [0.1, 0.15) is 5.82 Å². The molecule has 0 N–H and O–H groups in total. The second-order valence-electron chi connectivity index (χ2n) is 4.04. The number of rotatable bonds is 3. The Bertz CT molecular complexity index is 543. The number of benzene rings is 1. The van der Waals surface area contributed by atoms with E-state index in [1.165, 1.54) is 19.1 Å². The van der Waals surface area contributed by atoms with Crippen LogP contribution < -0.4 is 0 Å². The molecule has 0 aliphatic rings. The van der Waals surface area contributed by atoms with Gasteiger partial charge in [-0.25, -0.2) is 4.39 Å². The van der Waals surface area contributed by atoms with Crippen molar-refractivity contribution in [2.45, 2.75) is 20.4 Å². The molecule has 3 nitrogen and oxygen atoms in total. The largest absolute Gasteiger partial charge is 0.298 e. The molecular weight excluding hydrogens is 219 g/mol. The summed E-state index contributed by atoms with van der Waals surface area (Å²) in [5, 5.41) is 4.25. The molecule has 0 aliphatic heterocycles. The van der Waals surface area contributed by atoms with Crippen LogP contribution in [0.25, 0.3) is 11.3 Å². The first-order valence-electron chi connectivity index (χ1n) is 5.36. The molecule has 0 amide bonds. The van der Waals surface area contributed by atoms with Crippen LogP contribution in [0.3, 0.4) is 0 Å². The van der Waals surface area contributed by atoms with Gasteiger partial charge in [-0.3, -0.25) is 9.48 Å². The molecule has 88 valence electrons. The van der Waals surface area contributed by atoms with Crippen molar-refractivity contribution in [2.75, 3.05) is 0 Å². The Hall–Kier alpha value is -1.97. The van der Waals surface area contributed by atoms with Crippen LogP contribution in [0.1, 0.15) is 12.6 Å². The van der Waals surface area contributed by atoms with E-state index in [1.54, 1.807) is 16.8 Å². The van der Waals surface area contributed by atoms with Crippen LogP contribution in [0.15, 0.2) is 30.3 Å². The zero-order valence-corrected chi connectivity index (χ0v) is 9.77. The maximum Gasteiger partial charge on any atom is 0.151 e. The molecule has 0 aliphatic carbocycles. The number of ketones is 1. The zero-order valence-electron chi connectivity index (χ0n) is 9.77. The van der Waals surface area contributed by atoms with E-state index in [0.717, 1.165) is 17.0 Å². The average molecular weight is 232 g/mol. The second-order valence-corrected chi connectivity index (χ2v) is 4.04. The molecule has 2 rings (SSSR count). The monoisotopic (exact) mass is 232 g/mol. The Balaban J connectivity index is 2.43. The summed E-state index contributed by atoms with van der Waals surface area (Å²) in [5.41, 5.74) is 2.52. The highest BCUT2D eigenvalue weighted by Crippen LogP contribution is 2.20. The average Bonchev–Trinajstić information content (AvgIpc) is 2.59. The molecule has 0 atom stereocenters. The van der Waals surface area contributed by atoms with E-state index in [0.29, 0.717) is 0 Å². The lowest BCUT2D eigenvalue weighted by Gasteiger charge is -2.05. The minimum absolute atomic E-state index is 0.0384. The standard InChI is InChI=1S/C13H13FN2O/c1-9-7-13(16(15-9)8-10(2)17)11-3-5-12(14)6-4-11/h3-7H,8H2,1-2H3. The Morgan fingerprint density at radius 1 is 1.35 bits per heavy atom. The SMILES string of the molecule is CC(=O)Cn1nc(C)cc1-c1ccc(F)cc1. The van der Waals surface area contributed by atoms with Crippen molar-refractivity contribution in [2.24, 2.45) is 0 Å². The number of halogens is 1. The van der Waals surface area contributed by atoms with Crippen molar-refractivity contribution in [3.8, 4) is 11.3 Å². The van der Waals surface area contributed by atoms with Crippen molar-refractivity contribution in [1.29, 1.82) is 0 Å². The lowest BCUT2D eigenvalue weighted by molar-refractivity contribution is -0.117. The van der Waals surface area contributed by atoms with Crippen LogP contribution in [0.5, 0.6) is 0 Å². The van der Waals surface area contributed by atoms with Crippen LogP contribution in [-0.4, -0.2) is 15.6 Å². The van der Waals surface area contributed by atoms with Crippen molar-refractivity contribution < 1.29 is 9.18 Å². The fourth-order valence-corrected chi connectivity index (χ4v) is 1.73. The molecular formula is C13H13FN2O. The van der Waals surface area contributed by atoms with Gasteiger partial charge in [0.25, 0.3) is 0 Å². The van der Waals surface area contributed by atoms with Gasteiger partial charge in [0.05, 0.1) is 17.9 Å². The first-order valence-corrected chi connectivity index (χ1v) is 5.36. The first-order chi connectivity index (χ1) is 8.06. The Morgan fingerprint density at radius 2 is 2.00 bits per heavy atom. The molecule has 0 saturated heterocycles. The third-order valence-electron chi connectivity index (χ3n) is 2.41. The molecule has 0 bridgehead atoms. The normalized spacial score (nSPS) is 10.5. The predicted molar refractivity (Wildman–Crippen MR) is 63.0 cm³/mol. The topological polar surface area (TPSA) is 34.9 Å². The molecule has 0 fully saturated rings. The van der Waals surface area contributed by atoms with Gasteiger partial charge in [0, 0.05) is 5.56 Å². The lowest BCUT2D eigenvalue weighted by atomic mass is 10.1. The molecule has 0 saturated carbocycles. The summed E-state index contributed by atoms with van der Waals surface area (Å²) in [4.78, 5) is 11.1. The van der Waals surface area contributed by atoms with Crippen molar-refractivity contribution >= 4 is 5.78 Å². The molecule has 4 heteroatoms. The van der Waals surface area contributed by atoms with Gasteiger partial charge in [-0.2, -0.15) is 5.10 Å². The molecule has 1 heterocycles. The zero-order chi connectivity index (χ0) is 12.4. The van der Waals surface area contributed by atoms with Crippen molar-refractivity contribution in [3.63, 3.8) is 0 Å². The van der Waals surface area contributed by atoms with E-state index in [-0.39, 0.29) is 18.1 Å². The van der Waals surface area contributed by atoms with Gasteiger partial charge in [0.2, 0.25) is 0 Å². The Labute approximate surface area is 98.9 Å². The molecule has 1 aromatic heterocycles. The first kappa shape index (κ1) is 11.5. The van der Waals surface area contributed by atoms with E-state index in [9.17, 15) is 9.18 Å². The summed E-state index contributed by atoms with van der Waals surface area (Å²) in [6.07, 6.45) is 0. The number of hydrogen-bond acceptors (Lipinski definition) is 2. The highest BCUT2D eigenvalue weighted by Gasteiger charge is 2.09. The maximum atomic E-state index is 12.8. The smallest absolute Gasteiger partial charge is 0.151 e. The number of aryl methyl sites for hydroxylation is 1. The van der Waals surface area contributed by atoms with E-state index in [4.69, 9.17) is 0 Å². The summed E-state index contributed by atoms with van der Waals surface area (Å²) in [6.45, 7) is 3.62. The maximum absolute atomic E-state index is 12.8. The summed E-state index contributed by atoms with van der Waals surface area (Å²) in [7, 11) is 0. The number of carbonyl (C=O) groups is 1. The summed E-state index contributed by atoms with van der Waals surface area (Å²) >= 11 is 0. The number of hydrogen-bond donors (Lipinski definition) is 0. The number of Topliss-reactive ketones (excluding diaryl/α,β-unsaturated/α-hetero) is 1. The summed E-state index contributed by atoms with van der Waals surface area (Å²) in [6, 6.07) is 8.05. The molecule has 17 heavy (non-hydrogen) atoms.